The summed E-state index contributed by atoms with van der Waals surface area (Å²) in [6, 6.07) is -0.638. The van der Waals surface area contributed by atoms with Crippen LogP contribution in [-0.4, -0.2) is 34.9 Å². The Morgan fingerprint density at radius 2 is 2.00 bits per heavy atom. The average molecular weight is 266 g/mol. The number of hydrogen-bond donors (Lipinski definition) is 1. The summed E-state index contributed by atoms with van der Waals surface area (Å²) in [7, 11) is 1.57. The van der Waals surface area contributed by atoms with Crippen molar-refractivity contribution in [3.8, 4) is 0 Å². The monoisotopic (exact) mass is 266 g/mol. The van der Waals surface area contributed by atoms with Crippen molar-refractivity contribution < 1.29 is 14.3 Å². The third-order valence-electron chi connectivity index (χ3n) is 2.86. The SMILES string of the molecule is Cc1c[nH]c(C)c1C(C=O)N(C)C(=O)OC(C)(C)C. The van der Waals surface area contributed by atoms with Gasteiger partial charge in [0.05, 0.1) is 0 Å². The molecule has 0 aliphatic carbocycles. The number of aromatic nitrogens is 1. The number of rotatable bonds is 3. The molecule has 5 nitrogen and oxygen atoms in total. The van der Waals surface area contributed by atoms with Gasteiger partial charge in [-0.15, -0.1) is 0 Å². The second kappa shape index (κ2) is 5.47. The molecule has 19 heavy (non-hydrogen) atoms. The largest absolute Gasteiger partial charge is 0.444 e. The fourth-order valence-electron chi connectivity index (χ4n) is 1.92. The molecular weight excluding hydrogens is 244 g/mol. The first-order valence-corrected chi connectivity index (χ1v) is 6.23. The average Bonchev–Trinajstić information content (AvgIpc) is 2.59. The van der Waals surface area contributed by atoms with Gasteiger partial charge in [-0.2, -0.15) is 0 Å². The molecule has 1 unspecified atom stereocenters. The predicted molar refractivity (Wildman–Crippen MR) is 73.1 cm³/mol. The molecule has 0 spiro atoms. The molecular formula is C14H22N2O3. The number of nitrogens with one attached hydrogen (secondary N) is 1. The lowest BCUT2D eigenvalue weighted by atomic mass is 10.0. The molecule has 0 aromatic carbocycles. The smallest absolute Gasteiger partial charge is 0.410 e. The molecule has 0 radical (unpaired) electrons. The number of ether oxygens (including phenoxy) is 1. The Morgan fingerprint density at radius 3 is 2.37 bits per heavy atom. The summed E-state index contributed by atoms with van der Waals surface area (Å²) in [4.78, 5) is 27.7. The van der Waals surface area contributed by atoms with E-state index in [1.165, 1.54) is 4.90 Å². The zero-order valence-electron chi connectivity index (χ0n) is 12.4. The number of aromatic amines is 1. The topological polar surface area (TPSA) is 62.4 Å². The van der Waals surface area contributed by atoms with Crippen molar-refractivity contribution in [1.29, 1.82) is 0 Å². The summed E-state index contributed by atoms with van der Waals surface area (Å²) in [5, 5.41) is 0. The van der Waals surface area contributed by atoms with Crippen LogP contribution in [0.5, 0.6) is 0 Å². The van der Waals surface area contributed by atoms with E-state index in [9.17, 15) is 9.59 Å². The highest BCUT2D eigenvalue weighted by molar-refractivity contribution is 5.75. The van der Waals surface area contributed by atoms with E-state index in [1.54, 1.807) is 27.8 Å². The van der Waals surface area contributed by atoms with Crippen molar-refractivity contribution in [3.63, 3.8) is 0 Å². The number of aryl methyl sites for hydroxylation is 2. The van der Waals surface area contributed by atoms with Crippen LogP contribution < -0.4 is 0 Å². The normalized spacial score (nSPS) is 12.9. The van der Waals surface area contributed by atoms with E-state index in [2.05, 4.69) is 4.98 Å². The van der Waals surface area contributed by atoms with Gasteiger partial charge in [0.1, 0.15) is 17.9 Å². The highest BCUT2D eigenvalue weighted by Crippen LogP contribution is 2.25. The summed E-state index contributed by atoms with van der Waals surface area (Å²) in [6.07, 6.45) is 2.07. The van der Waals surface area contributed by atoms with Crippen molar-refractivity contribution >= 4 is 12.4 Å². The zero-order valence-corrected chi connectivity index (χ0v) is 12.4. The summed E-state index contributed by atoms with van der Waals surface area (Å²) in [6.45, 7) is 9.16. The second-order valence-electron chi connectivity index (χ2n) is 5.68. The van der Waals surface area contributed by atoms with Crippen LogP contribution in [0.25, 0.3) is 0 Å². The number of hydrogen-bond acceptors (Lipinski definition) is 3. The molecule has 1 amide bonds. The first kappa shape index (κ1) is 15.3. The van der Waals surface area contributed by atoms with Crippen molar-refractivity contribution in [2.24, 2.45) is 0 Å². The van der Waals surface area contributed by atoms with Gasteiger partial charge in [-0.25, -0.2) is 4.79 Å². The number of H-pyrrole nitrogens is 1. The Bertz CT molecular complexity index is 452. The molecule has 1 aromatic heterocycles. The van der Waals surface area contributed by atoms with Crippen LogP contribution >= 0.6 is 0 Å². The highest BCUT2D eigenvalue weighted by atomic mass is 16.6. The van der Waals surface area contributed by atoms with Crippen molar-refractivity contribution in [3.05, 3.63) is 23.0 Å². The second-order valence-corrected chi connectivity index (χ2v) is 5.68. The lowest BCUT2D eigenvalue weighted by Crippen LogP contribution is -2.37. The fourth-order valence-corrected chi connectivity index (χ4v) is 1.92. The van der Waals surface area contributed by atoms with Gasteiger partial charge in [0, 0.05) is 24.5 Å². The molecule has 1 rings (SSSR count). The maximum Gasteiger partial charge on any atom is 0.410 e. The Hall–Kier alpha value is -1.78. The number of carbonyl (C=O) groups excluding carboxylic acids is 2. The van der Waals surface area contributed by atoms with Crippen LogP contribution in [0.15, 0.2) is 6.20 Å². The minimum atomic E-state index is -0.638. The maximum absolute atomic E-state index is 12.0. The van der Waals surface area contributed by atoms with E-state index in [1.807, 2.05) is 20.0 Å². The standard InChI is InChI=1S/C14H22N2O3/c1-9-7-15-10(2)12(9)11(8-17)16(6)13(18)19-14(3,4)5/h7-8,11,15H,1-6H3. The van der Waals surface area contributed by atoms with Crippen LogP contribution in [0.3, 0.4) is 0 Å². The Labute approximate surface area is 113 Å². The van der Waals surface area contributed by atoms with Gasteiger partial charge in [-0.3, -0.25) is 4.90 Å². The van der Waals surface area contributed by atoms with Gasteiger partial charge in [-0.05, 0) is 40.2 Å². The van der Waals surface area contributed by atoms with E-state index in [4.69, 9.17) is 4.74 Å². The van der Waals surface area contributed by atoms with E-state index in [0.717, 1.165) is 23.1 Å². The molecule has 0 aliphatic heterocycles. The van der Waals surface area contributed by atoms with Gasteiger partial charge >= 0.3 is 6.09 Å². The number of aldehydes is 1. The lowest BCUT2D eigenvalue weighted by molar-refractivity contribution is -0.112. The molecule has 1 N–H and O–H groups in total. The first-order chi connectivity index (χ1) is 8.67. The summed E-state index contributed by atoms with van der Waals surface area (Å²) in [5.74, 6) is 0. The molecule has 0 fully saturated rings. The van der Waals surface area contributed by atoms with Crippen LogP contribution in [-0.2, 0) is 9.53 Å². The molecule has 1 atom stereocenters. The van der Waals surface area contributed by atoms with Crippen molar-refractivity contribution in [2.45, 2.75) is 46.3 Å². The molecule has 0 aliphatic rings. The van der Waals surface area contributed by atoms with E-state index < -0.39 is 17.7 Å². The third-order valence-corrected chi connectivity index (χ3v) is 2.86. The summed E-state index contributed by atoms with van der Waals surface area (Å²) in [5.41, 5.74) is 2.07. The Kier molecular flexibility index (Phi) is 4.39. The van der Waals surface area contributed by atoms with Gasteiger partial charge in [0.25, 0.3) is 0 Å². The molecule has 0 saturated heterocycles. The fraction of sp³-hybridized carbons (Fsp3) is 0.571. The van der Waals surface area contributed by atoms with Gasteiger partial charge in [0.2, 0.25) is 0 Å². The molecule has 0 saturated carbocycles. The maximum atomic E-state index is 12.0. The summed E-state index contributed by atoms with van der Waals surface area (Å²) < 4.78 is 5.28. The van der Waals surface area contributed by atoms with Crippen molar-refractivity contribution in [2.75, 3.05) is 7.05 Å². The summed E-state index contributed by atoms with van der Waals surface area (Å²) >= 11 is 0. The molecule has 1 heterocycles. The minimum absolute atomic E-state index is 0.510. The van der Waals surface area contributed by atoms with Crippen molar-refractivity contribution in [1.82, 2.24) is 9.88 Å². The number of amides is 1. The molecule has 0 bridgehead atoms. The lowest BCUT2D eigenvalue weighted by Gasteiger charge is -2.28. The molecule has 106 valence electrons. The highest BCUT2D eigenvalue weighted by Gasteiger charge is 2.28. The quantitative estimate of drug-likeness (QED) is 0.856. The van der Waals surface area contributed by atoms with E-state index in [0.29, 0.717) is 0 Å². The zero-order chi connectivity index (χ0) is 14.8. The Balaban J connectivity index is 2.98. The Morgan fingerprint density at radius 1 is 1.42 bits per heavy atom. The third kappa shape index (κ3) is 3.59. The van der Waals surface area contributed by atoms with Crippen LogP contribution in [0.1, 0.15) is 43.6 Å². The van der Waals surface area contributed by atoms with E-state index in [-0.39, 0.29) is 0 Å². The van der Waals surface area contributed by atoms with Crippen LogP contribution in [0, 0.1) is 13.8 Å². The molecule has 5 heteroatoms. The van der Waals surface area contributed by atoms with Crippen LogP contribution in [0.2, 0.25) is 0 Å². The number of carbonyl (C=O) groups is 2. The van der Waals surface area contributed by atoms with E-state index >= 15 is 0 Å². The van der Waals surface area contributed by atoms with Gasteiger partial charge < -0.3 is 14.5 Å². The minimum Gasteiger partial charge on any atom is -0.444 e. The number of nitrogens with zero attached hydrogens (tertiary/aromatic N) is 1. The van der Waals surface area contributed by atoms with Gasteiger partial charge in [-0.1, -0.05) is 0 Å². The van der Waals surface area contributed by atoms with Crippen LogP contribution in [0.4, 0.5) is 4.79 Å². The molecule has 1 aromatic rings. The predicted octanol–water partition coefficient (Wildman–Crippen LogP) is 2.74. The van der Waals surface area contributed by atoms with Gasteiger partial charge in [0.15, 0.2) is 0 Å². The first-order valence-electron chi connectivity index (χ1n) is 6.23. The number of likely N-dealkylation sites (N-methyl/N-ethyl adjacent to an activating group) is 1.